The van der Waals surface area contributed by atoms with E-state index in [0.717, 1.165) is 74.7 Å². The fourth-order valence-electron chi connectivity index (χ4n) is 4.66. The van der Waals surface area contributed by atoms with Crippen LogP contribution in [0.4, 0.5) is 5.82 Å². The molecule has 7 heteroatoms. The van der Waals surface area contributed by atoms with E-state index in [9.17, 15) is 4.79 Å². The summed E-state index contributed by atoms with van der Waals surface area (Å²) in [6.07, 6.45) is 5.70. The molecule has 2 atom stereocenters. The minimum Gasteiger partial charge on any atom is -0.360 e. The van der Waals surface area contributed by atoms with E-state index in [0.29, 0.717) is 17.5 Å². The van der Waals surface area contributed by atoms with Crippen LogP contribution in [0.25, 0.3) is 0 Å². The summed E-state index contributed by atoms with van der Waals surface area (Å²) in [5, 5.41) is 4.11. The predicted molar refractivity (Wildman–Crippen MR) is 95.0 cm³/mol. The number of anilines is 1. The number of carbonyl (C=O) groups excluding carboxylic acids is 1. The molecule has 3 aliphatic rings. The topological polar surface area (TPSA) is 75.4 Å². The van der Waals surface area contributed by atoms with Crippen molar-refractivity contribution in [3.63, 3.8) is 0 Å². The van der Waals surface area contributed by atoms with Gasteiger partial charge in [-0.15, -0.1) is 0 Å². The number of hydrogen-bond donors (Lipinski definition) is 0. The lowest BCUT2D eigenvalue weighted by molar-refractivity contribution is 0.0771. The first kappa shape index (κ1) is 15.8. The average molecular weight is 353 g/mol. The van der Waals surface area contributed by atoms with Gasteiger partial charge in [0, 0.05) is 61.8 Å². The second-order valence-corrected chi connectivity index (χ2v) is 7.79. The second kappa shape index (κ2) is 6.07. The molecule has 26 heavy (non-hydrogen) atoms. The molecule has 2 aromatic heterocycles. The summed E-state index contributed by atoms with van der Waals surface area (Å²) in [5.41, 5.74) is 2.60. The van der Waals surface area contributed by atoms with Crippen molar-refractivity contribution >= 4 is 11.7 Å². The quantitative estimate of drug-likeness (QED) is 0.820. The van der Waals surface area contributed by atoms with E-state index in [-0.39, 0.29) is 5.91 Å². The molecule has 136 valence electrons. The molecule has 2 unspecified atom stereocenters. The first-order valence-electron chi connectivity index (χ1n) is 9.49. The van der Waals surface area contributed by atoms with Gasteiger partial charge < -0.3 is 14.3 Å². The molecule has 2 aliphatic heterocycles. The van der Waals surface area contributed by atoms with Gasteiger partial charge in [-0.1, -0.05) is 5.16 Å². The molecule has 2 fully saturated rings. The standard InChI is InChI=1S/C19H23N5O2/c1-12-6-17(21-11-20-12)23-7-13-9-24(10-14(13)8-23)19(25)18-15-4-2-3-5-16(15)26-22-18/h6,11,13-14H,2-5,7-10H2,1H3. The molecule has 5 rings (SSSR count). The van der Waals surface area contributed by atoms with Crippen LogP contribution in [-0.2, 0) is 12.8 Å². The molecule has 2 aromatic rings. The Balaban J connectivity index is 1.28. The molecule has 1 amide bonds. The van der Waals surface area contributed by atoms with Crippen LogP contribution in [-0.4, -0.2) is 52.1 Å². The van der Waals surface area contributed by atoms with Gasteiger partial charge in [0.15, 0.2) is 5.69 Å². The lowest BCUT2D eigenvalue weighted by Gasteiger charge is -2.22. The van der Waals surface area contributed by atoms with Crippen LogP contribution in [0.3, 0.4) is 0 Å². The zero-order valence-corrected chi connectivity index (χ0v) is 15.0. The van der Waals surface area contributed by atoms with Gasteiger partial charge in [0.1, 0.15) is 17.9 Å². The van der Waals surface area contributed by atoms with Crippen molar-refractivity contribution in [2.24, 2.45) is 11.8 Å². The van der Waals surface area contributed by atoms with Crippen molar-refractivity contribution in [2.75, 3.05) is 31.1 Å². The van der Waals surface area contributed by atoms with Crippen molar-refractivity contribution in [1.29, 1.82) is 0 Å². The summed E-state index contributed by atoms with van der Waals surface area (Å²) in [6.45, 7) is 5.47. The Bertz CT molecular complexity index is 834. The minimum absolute atomic E-state index is 0.0516. The Morgan fingerprint density at radius 2 is 1.88 bits per heavy atom. The molecule has 0 aromatic carbocycles. The first-order chi connectivity index (χ1) is 12.7. The molecule has 0 N–H and O–H groups in total. The lowest BCUT2D eigenvalue weighted by atomic mass is 9.96. The number of aryl methyl sites for hydroxylation is 2. The highest BCUT2D eigenvalue weighted by Gasteiger charge is 2.43. The van der Waals surface area contributed by atoms with Crippen LogP contribution in [0.1, 0.15) is 40.3 Å². The average Bonchev–Trinajstić information content (AvgIpc) is 3.34. The van der Waals surface area contributed by atoms with Crippen molar-refractivity contribution in [2.45, 2.75) is 32.6 Å². The highest BCUT2D eigenvalue weighted by atomic mass is 16.5. The number of carbonyl (C=O) groups is 1. The smallest absolute Gasteiger partial charge is 0.276 e. The summed E-state index contributed by atoms with van der Waals surface area (Å²) in [6, 6.07) is 2.03. The molecule has 2 saturated heterocycles. The van der Waals surface area contributed by atoms with Crippen LogP contribution in [0.5, 0.6) is 0 Å². The highest BCUT2D eigenvalue weighted by molar-refractivity contribution is 5.94. The second-order valence-electron chi connectivity index (χ2n) is 7.79. The van der Waals surface area contributed by atoms with E-state index in [1.165, 1.54) is 0 Å². The van der Waals surface area contributed by atoms with Gasteiger partial charge in [-0.3, -0.25) is 4.79 Å². The fraction of sp³-hybridized carbons (Fsp3) is 0.579. The van der Waals surface area contributed by atoms with Crippen LogP contribution in [0, 0.1) is 18.8 Å². The lowest BCUT2D eigenvalue weighted by Crippen LogP contribution is -2.34. The van der Waals surface area contributed by atoms with Crippen LogP contribution in [0.2, 0.25) is 0 Å². The third-order valence-electron chi connectivity index (χ3n) is 6.04. The number of rotatable bonds is 2. The SMILES string of the molecule is Cc1cc(N2CC3CN(C(=O)c4noc5c4CCCC5)CC3C2)ncn1. The molecule has 0 saturated carbocycles. The van der Waals surface area contributed by atoms with E-state index in [1.54, 1.807) is 6.33 Å². The summed E-state index contributed by atoms with van der Waals surface area (Å²) >= 11 is 0. The molecule has 7 nitrogen and oxygen atoms in total. The normalized spacial score (nSPS) is 24.7. The summed E-state index contributed by atoms with van der Waals surface area (Å²) in [4.78, 5) is 25.9. The van der Waals surface area contributed by atoms with E-state index >= 15 is 0 Å². The van der Waals surface area contributed by atoms with E-state index in [2.05, 4.69) is 20.0 Å². The van der Waals surface area contributed by atoms with Crippen molar-refractivity contribution in [3.8, 4) is 0 Å². The third-order valence-corrected chi connectivity index (χ3v) is 6.04. The molecule has 0 bridgehead atoms. The number of hydrogen-bond acceptors (Lipinski definition) is 6. The van der Waals surface area contributed by atoms with Crippen LogP contribution >= 0.6 is 0 Å². The monoisotopic (exact) mass is 353 g/mol. The zero-order valence-electron chi connectivity index (χ0n) is 15.0. The highest BCUT2D eigenvalue weighted by Crippen LogP contribution is 2.34. The number of fused-ring (bicyclic) bond motifs is 2. The van der Waals surface area contributed by atoms with Gasteiger partial charge in [-0.05, 0) is 26.2 Å². The summed E-state index contributed by atoms with van der Waals surface area (Å²) < 4.78 is 5.43. The maximum absolute atomic E-state index is 13.0. The van der Waals surface area contributed by atoms with Crippen molar-refractivity contribution in [1.82, 2.24) is 20.0 Å². The molecule has 4 heterocycles. The van der Waals surface area contributed by atoms with E-state index < -0.39 is 0 Å². The Kier molecular flexibility index (Phi) is 3.69. The number of likely N-dealkylation sites (tertiary alicyclic amines) is 1. The zero-order chi connectivity index (χ0) is 17.7. The van der Waals surface area contributed by atoms with Gasteiger partial charge >= 0.3 is 0 Å². The predicted octanol–water partition coefficient (Wildman–Crippen LogP) is 1.86. The molecule has 0 spiro atoms. The maximum atomic E-state index is 13.0. The van der Waals surface area contributed by atoms with E-state index in [4.69, 9.17) is 4.52 Å². The Labute approximate surface area is 152 Å². The number of aromatic nitrogens is 3. The van der Waals surface area contributed by atoms with Gasteiger partial charge in [0.25, 0.3) is 5.91 Å². The van der Waals surface area contributed by atoms with Crippen molar-refractivity contribution in [3.05, 3.63) is 35.1 Å². The first-order valence-corrected chi connectivity index (χ1v) is 9.49. The summed E-state index contributed by atoms with van der Waals surface area (Å²) in [5.74, 6) is 2.96. The van der Waals surface area contributed by atoms with Crippen LogP contribution < -0.4 is 4.90 Å². The molecular formula is C19H23N5O2. The maximum Gasteiger partial charge on any atom is 0.276 e. The minimum atomic E-state index is 0.0516. The summed E-state index contributed by atoms with van der Waals surface area (Å²) in [7, 11) is 0. The fourth-order valence-corrected chi connectivity index (χ4v) is 4.66. The number of amides is 1. The Morgan fingerprint density at radius 1 is 1.12 bits per heavy atom. The number of nitrogens with zero attached hydrogens (tertiary/aromatic N) is 5. The molecular weight excluding hydrogens is 330 g/mol. The van der Waals surface area contributed by atoms with E-state index in [1.807, 2.05) is 17.9 Å². The largest absolute Gasteiger partial charge is 0.360 e. The third kappa shape index (κ3) is 2.57. The van der Waals surface area contributed by atoms with Gasteiger partial charge in [0.2, 0.25) is 0 Å². The van der Waals surface area contributed by atoms with Gasteiger partial charge in [-0.25, -0.2) is 9.97 Å². The molecule has 0 radical (unpaired) electrons. The van der Waals surface area contributed by atoms with Gasteiger partial charge in [0.05, 0.1) is 0 Å². The Hall–Kier alpha value is -2.44. The van der Waals surface area contributed by atoms with Gasteiger partial charge in [-0.2, -0.15) is 0 Å². The van der Waals surface area contributed by atoms with Crippen molar-refractivity contribution < 1.29 is 9.32 Å². The van der Waals surface area contributed by atoms with Crippen LogP contribution in [0.15, 0.2) is 16.9 Å². The Morgan fingerprint density at radius 3 is 2.65 bits per heavy atom. The molecule has 1 aliphatic carbocycles.